The van der Waals surface area contributed by atoms with E-state index in [4.69, 9.17) is 21.1 Å². The number of hydrogen-bond donors (Lipinski definition) is 2. The number of benzene rings is 1. The number of halogens is 1. The lowest BCUT2D eigenvalue weighted by atomic mass is 10.2. The highest BCUT2D eigenvalue weighted by Gasteiger charge is 2.12. The lowest BCUT2D eigenvalue weighted by molar-refractivity contribution is -0.122. The van der Waals surface area contributed by atoms with Gasteiger partial charge in [0.15, 0.2) is 6.61 Å². The van der Waals surface area contributed by atoms with Crippen LogP contribution in [0.5, 0.6) is 11.6 Å². The van der Waals surface area contributed by atoms with Crippen LogP contribution >= 0.6 is 11.6 Å². The van der Waals surface area contributed by atoms with Crippen LogP contribution in [0.3, 0.4) is 0 Å². The number of ether oxygens (including phenoxy) is 2. The van der Waals surface area contributed by atoms with Crippen molar-refractivity contribution in [3.63, 3.8) is 0 Å². The molecule has 1 heterocycles. The Kier molecular flexibility index (Phi) is 7.43. The van der Waals surface area contributed by atoms with Gasteiger partial charge in [0, 0.05) is 18.4 Å². The molecule has 0 bridgehead atoms. The molecule has 27 heavy (non-hydrogen) atoms. The third-order valence-corrected chi connectivity index (χ3v) is 3.54. The van der Waals surface area contributed by atoms with Crippen LogP contribution in [0.4, 0.5) is 5.69 Å². The predicted molar refractivity (Wildman–Crippen MR) is 104 cm³/mol. The molecule has 0 unspecified atom stereocenters. The van der Waals surface area contributed by atoms with Crippen LogP contribution in [0.2, 0.25) is 5.02 Å². The third kappa shape index (κ3) is 6.45. The highest BCUT2D eigenvalue weighted by atomic mass is 35.5. The van der Waals surface area contributed by atoms with Crippen LogP contribution in [0, 0.1) is 0 Å². The molecule has 0 radical (unpaired) electrons. The molecule has 8 heteroatoms. The first-order chi connectivity index (χ1) is 12.9. The van der Waals surface area contributed by atoms with E-state index in [0.29, 0.717) is 23.5 Å². The van der Waals surface area contributed by atoms with Gasteiger partial charge in [-0.3, -0.25) is 9.59 Å². The molecular weight excluding hydrogens is 370 g/mol. The predicted octanol–water partition coefficient (Wildman–Crippen LogP) is 3.29. The Morgan fingerprint density at radius 1 is 1.22 bits per heavy atom. The first-order valence-electron chi connectivity index (χ1n) is 8.52. The van der Waals surface area contributed by atoms with Gasteiger partial charge in [0.2, 0.25) is 5.88 Å². The summed E-state index contributed by atoms with van der Waals surface area (Å²) in [7, 11) is 0. The fourth-order valence-corrected chi connectivity index (χ4v) is 2.31. The molecule has 0 fully saturated rings. The van der Waals surface area contributed by atoms with Crippen molar-refractivity contribution in [2.45, 2.75) is 26.9 Å². The number of pyridine rings is 1. The summed E-state index contributed by atoms with van der Waals surface area (Å²) in [6, 6.07) is 8.19. The van der Waals surface area contributed by atoms with Crippen molar-refractivity contribution in [3.8, 4) is 11.6 Å². The van der Waals surface area contributed by atoms with Crippen LogP contribution in [0.15, 0.2) is 36.5 Å². The number of anilines is 1. The maximum absolute atomic E-state index is 12.3. The Bertz CT molecular complexity index is 794. The smallest absolute Gasteiger partial charge is 0.257 e. The summed E-state index contributed by atoms with van der Waals surface area (Å²) in [6.07, 6.45) is 1.34. The standard InChI is InChI=1S/C19H22ClN3O4/c1-4-21-17(24)11-26-15-7-5-14(6-8-15)23-18(25)13-9-16(20)19(22-10-13)27-12(2)3/h5-10,12H,4,11H2,1-3H3,(H,21,24)(H,23,25). The number of carbonyl (C=O) groups is 2. The van der Waals surface area contributed by atoms with Gasteiger partial charge >= 0.3 is 0 Å². The molecule has 1 aromatic carbocycles. The molecule has 0 atom stereocenters. The fourth-order valence-electron chi connectivity index (χ4n) is 2.09. The second-order valence-corrected chi connectivity index (χ2v) is 6.31. The lowest BCUT2D eigenvalue weighted by Gasteiger charge is -2.11. The first-order valence-corrected chi connectivity index (χ1v) is 8.90. The quantitative estimate of drug-likeness (QED) is 0.720. The molecule has 2 N–H and O–H groups in total. The van der Waals surface area contributed by atoms with E-state index in [0.717, 1.165) is 0 Å². The van der Waals surface area contributed by atoms with Crippen molar-refractivity contribution in [1.82, 2.24) is 10.3 Å². The number of carbonyl (C=O) groups excluding carboxylic acids is 2. The molecule has 0 saturated carbocycles. The van der Waals surface area contributed by atoms with Crippen molar-refractivity contribution < 1.29 is 19.1 Å². The summed E-state index contributed by atoms with van der Waals surface area (Å²) in [6.45, 7) is 6.05. The van der Waals surface area contributed by atoms with Crippen LogP contribution < -0.4 is 20.1 Å². The molecule has 1 aromatic heterocycles. The number of likely N-dealkylation sites (N-methyl/N-ethyl adjacent to an activating group) is 1. The maximum Gasteiger partial charge on any atom is 0.257 e. The average Bonchev–Trinajstić information content (AvgIpc) is 2.62. The van der Waals surface area contributed by atoms with Gasteiger partial charge < -0.3 is 20.1 Å². The lowest BCUT2D eigenvalue weighted by Crippen LogP contribution is -2.28. The molecule has 7 nitrogen and oxygen atoms in total. The van der Waals surface area contributed by atoms with Gasteiger partial charge in [-0.25, -0.2) is 4.98 Å². The van der Waals surface area contributed by atoms with Crippen molar-refractivity contribution in [2.75, 3.05) is 18.5 Å². The molecule has 2 rings (SSSR count). The molecule has 0 spiro atoms. The Morgan fingerprint density at radius 2 is 1.93 bits per heavy atom. The summed E-state index contributed by atoms with van der Waals surface area (Å²) >= 11 is 6.11. The first kappa shape index (κ1) is 20.5. The minimum Gasteiger partial charge on any atom is -0.484 e. The van der Waals surface area contributed by atoms with Crippen molar-refractivity contribution in [1.29, 1.82) is 0 Å². The van der Waals surface area contributed by atoms with E-state index in [1.54, 1.807) is 24.3 Å². The number of nitrogens with one attached hydrogen (secondary N) is 2. The van der Waals surface area contributed by atoms with Crippen molar-refractivity contribution in [2.24, 2.45) is 0 Å². The second-order valence-electron chi connectivity index (χ2n) is 5.90. The van der Waals surface area contributed by atoms with Gasteiger partial charge in [-0.15, -0.1) is 0 Å². The fraction of sp³-hybridized carbons (Fsp3) is 0.316. The van der Waals surface area contributed by atoms with E-state index in [-0.39, 0.29) is 35.4 Å². The zero-order valence-electron chi connectivity index (χ0n) is 15.4. The Morgan fingerprint density at radius 3 is 2.52 bits per heavy atom. The minimum absolute atomic E-state index is 0.0610. The summed E-state index contributed by atoms with van der Waals surface area (Å²) in [5.41, 5.74) is 0.886. The SMILES string of the molecule is CCNC(=O)COc1ccc(NC(=O)c2cnc(OC(C)C)c(Cl)c2)cc1. The number of rotatable bonds is 8. The monoisotopic (exact) mass is 391 g/mol. The molecule has 0 aliphatic carbocycles. The Hall–Kier alpha value is -2.80. The Balaban J connectivity index is 1.95. The van der Waals surface area contributed by atoms with E-state index in [1.807, 2.05) is 20.8 Å². The van der Waals surface area contributed by atoms with Gasteiger partial charge in [0.25, 0.3) is 11.8 Å². The normalized spacial score (nSPS) is 10.4. The molecular formula is C19H22ClN3O4. The number of amides is 2. The second kappa shape index (κ2) is 9.78. The van der Waals surface area contributed by atoms with Crippen molar-refractivity contribution in [3.05, 3.63) is 47.1 Å². The molecule has 0 aliphatic rings. The largest absolute Gasteiger partial charge is 0.484 e. The van der Waals surface area contributed by atoms with Crippen LogP contribution in [-0.2, 0) is 4.79 Å². The number of aromatic nitrogens is 1. The molecule has 2 amide bonds. The molecule has 0 saturated heterocycles. The minimum atomic E-state index is -0.350. The number of hydrogen-bond acceptors (Lipinski definition) is 5. The summed E-state index contributed by atoms with van der Waals surface area (Å²) in [4.78, 5) is 27.8. The highest BCUT2D eigenvalue weighted by molar-refractivity contribution is 6.32. The highest BCUT2D eigenvalue weighted by Crippen LogP contribution is 2.24. The van der Waals surface area contributed by atoms with E-state index in [9.17, 15) is 9.59 Å². The van der Waals surface area contributed by atoms with Gasteiger partial charge in [0.05, 0.1) is 11.7 Å². The summed E-state index contributed by atoms with van der Waals surface area (Å²) in [5, 5.41) is 5.66. The molecule has 144 valence electrons. The van der Waals surface area contributed by atoms with Crippen LogP contribution in [0.1, 0.15) is 31.1 Å². The molecule has 0 aliphatic heterocycles. The van der Waals surface area contributed by atoms with E-state index >= 15 is 0 Å². The van der Waals surface area contributed by atoms with Crippen molar-refractivity contribution >= 4 is 29.1 Å². The zero-order valence-corrected chi connectivity index (χ0v) is 16.2. The topological polar surface area (TPSA) is 89.6 Å². The van der Waals surface area contributed by atoms with E-state index < -0.39 is 0 Å². The van der Waals surface area contributed by atoms with E-state index in [2.05, 4.69) is 15.6 Å². The zero-order chi connectivity index (χ0) is 19.8. The van der Waals surface area contributed by atoms with Gasteiger partial charge in [-0.2, -0.15) is 0 Å². The van der Waals surface area contributed by atoms with Gasteiger partial charge in [-0.05, 0) is 51.1 Å². The summed E-state index contributed by atoms with van der Waals surface area (Å²) < 4.78 is 10.8. The van der Waals surface area contributed by atoms with Gasteiger partial charge in [0.1, 0.15) is 10.8 Å². The number of nitrogens with zero attached hydrogens (tertiary/aromatic N) is 1. The average molecular weight is 392 g/mol. The molecule has 2 aromatic rings. The van der Waals surface area contributed by atoms with E-state index in [1.165, 1.54) is 12.3 Å². The van der Waals surface area contributed by atoms with Crippen LogP contribution in [-0.4, -0.2) is 36.1 Å². The van der Waals surface area contributed by atoms with Crippen LogP contribution in [0.25, 0.3) is 0 Å². The third-order valence-electron chi connectivity index (χ3n) is 3.27. The summed E-state index contributed by atoms with van der Waals surface area (Å²) in [5.74, 6) is 0.275. The van der Waals surface area contributed by atoms with Gasteiger partial charge in [-0.1, -0.05) is 11.6 Å². The Labute approximate surface area is 163 Å². The maximum atomic E-state index is 12.3.